The van der Waals surface area contributed by atoms with Gasteiger partial charge in [-0.3, -0.25) is 0 Å². The van der Waals surface area contributed by atoms with Gasteiger partial charge in [0, 0.05) is 22.2 Å². The number of hydrogen-bond acceptors (Lipinski definition) is 2. The Morgan fingerprint density at radius 1 is 1.00 bits per heavy atom. The maximum absolute atomic E-state index is 10.2. The van der Waals surface area contributed by atoms with E-state index in [1.807, 2.05) is 42.5 Å². The van der Waals surface area contributed by atoms with Crippen molar-refractivity contribution in [2.45, 2.75) is 25.0 Å². The summed E-state index contributed by atoms with van der Waals surface area (Å²) in [7, 11) is 0. The van der Waals surface area contributed by atoms with E-state index in [2.05, 4.69) is 5.32 Å². The molecular formula is C16H15Cl2NO. The van der Waals surface area contributed by atoms with Crippen molar-refractivity contribution < 1.29 is 5.11 Å². The van der Waals surface area contributed by atoms with Gasteiger partial charge in [-0.15, -0.1) is 0 Å². The van der Waals surface area contributed by atoms with Gasteiger partial charge in [-0.05, 0) is 47.9 Å². The van der Waals surface area contributed by atoms with Crippen LogP contribution in [0, 0.1) is 0 Å². The number of anilines is 1. The van der Waals surface area contributed by atoms with Crippen LogP contribution in [0.4, 0.5) is 5.69 Å². The molecule has 3 rings (SSSR count). The predicted octanol–water partition coefficient (Wildman–Crippen LogP) is 4.45. The molecule has 1 heterocycles. The fourth-order valence-electron chi connectivity index (χ4n) is 2.64. The first-order valence-corrected chi connectivity index (χ1v) is 7.36. The van der Waals surface area contributed by atoms with E-state index in [0.29, 0.717) is 17.9 Å². The second-order valence-corrected chi connectivity index (χ2v) is 6.02. The minimum absolute atomic E-state index is 0.0738. The number of aliphatic hydroxyl groups is 1. The molecule has 0 saturated carbocycles. The van der Waals surface area contributed by atoms with E-state index in [-0.39, 0.29) is 12.1 Å². The molecule has 2 atom stereocenters. The smallest absolute Gasteiger partial charge is 0.0604 e. The van der Waals surface area contributed by atoms with Crippen LogP contribution in [-0.2, 0) is 6.42 Å². The maximum atomic E-state index is 10.2. The number of halogens is 2. The van der Waals surface area contributed by atoms with E-state index in [0.717, 1.165) is 21.8 Å². The molecule has 1 aliphatic heterocycles. The van der Waals surface area contributed by atoms with Crippen molar-refractivity contribution in [3.05, 3.63) is 63.6 Å². The van der Waals surface area contributed by atoms with Gasteiger partial charge in [-0.1, -0.05) is 35.3 Å². The zero-order chi connectivity index (χ0) is 14.1. The Labute approximate surface area is 128 Å². The van der Waals surface area contributed by atoms with Crippen LogP contribution in [0.15, 0.2) is 42.5 Å². The molecule has 0 unspecified atom stereocenters. The largest absolute Gasteiger partial charge is 0.393 e. The van der Waals surface area contributed by atoms with Crippen LogP contribution in [-0.4, -0.2) is 11.2 Å². The van der Waals surface area contributed by atoms with Crippen molar-refractivity contribution in [2.75, 3.05) is 5.32 Å². The van der Waals surface area contributed by atoms with Gasteiger partial charge in [-0.25, -0.2) is 0 Å². The van der Waals surface area contributed by atoms with Gasteiger partial charge in [-0.2, -0.15) is 0 Å². The van der Waals surface area contributed by atoms with Gasteiger partial charge in [0.1, 0.15) is 0 Å². The first kappa shape index (κ1) is 13.7. The molecule has 2 aromatic carbocycles. The van der Waals surface area contributed by atoms with Crippen LogP contribution in [0.25, 0.3) is 0 Å². The number of rotatable bonds is 1. The summed E-state index contributed by atoms with van der Waals surface area (Å²) in [5.74, 6) is 0. The average molecular weight is 308 g/mol. The second-order valence-electron chi connectivity index (χ2n) is 5.14. The van der Waals surface area contributed by atoms with Gasteiger partial charge in [0.05, 0.1) is 12.1 Å². The lowest BCUT2D eigenvalue weighted by molar-refractivity contribution is 0.161. The Kier molecular flexibility index (Phi) is 3.88. The minimum atomic E-state index is -0.386. The van der Waals surface area contributed by atoms with Crippen molar-refractivity contribution in [2.24, 2.45) is 0 Å². The van der Waals surface area contributed by atoms with Crippen LogP contribution in [0.3, 0.4) is 0 Å². The molecule has 0 amide bonds. The highest BCUT2D eigenvalue weighted by atomic mass is 35.5. The fourth-order valence-corrected chi connectivity index (χ4v) is 2.96. The molecular weight excluding hydrogens is 293 g/mol. The summed E-state index contributed by atoms with van der Waals surface area (Å²) in [6, 6.07) is 13.6. The number of nitrogens with one attached hydrogen (secondary N) is 1. The lowest BCUT2D eigenvalue weighted by atomic mass is 10.00. The van der Waals surface area contributed by atoms with Crippen molar-refractivity contribution in [3.8, 4) is 0 Å². The lowest BCUT2D eigenvalue weighted by Crippen LogP contribution is -2.16. The Bertz CT molecular complexity index is 612. The monoisotopic (exact) mass is 307 g/mol. The van der Waals surface area contributed by atoms with Gasteiger partial charge >= 0.3 is 0 Å². The molecule has 0 aromatic heterocycles. The SMILES string of the molecule is O[C@@H]1Cc2cc(Cl)ccc2N[C@H](c2ccc(Cl)cc2)C1. The zero-order valence-corrected chi connectivity index (χ0v) is 12.3. The average Bonchev–Trinajstić information content (AvgIpc) is 2.57. The second kappa shape index (κ2) is 5.65. The predicted molar refractivity (Wildman–Crippen MR) is 83.6 cm³/mol. The standard InChI is InChI=1S/C16H15Cl2NO/c17-12-3-1-10(2-4-12)16-9-14(20)8-11-7-13(18)5-6-15(11)19-16/h1-7,14,16,19-20H,8-9H2/t14-,16+/m1/s1. The highest BCUT2D eigenvalue weighted by Crippen LogP contribution is 2.33. The first-order chi connectivity index (χ1) is 9.61. The van der Waals surface area contributed by atoms with E-state index in [1.54, 1.807) is 0 Å². The molecule has 0 spiro atoms. The number of benzene rings is 2. The quantitative estimate of drug-likeness (QED) is 0.815. The molecule has 0 saturated heterocycles. The number of aliphatic hydroxyl groups excluding tert-OH is 1. The van der Waals surface area contributed by atoms with Crippen LogP contribution in [0.2, 0.25) is 10.0 Å². The number of hydrogen-bond donors (Lipinski definition) is 2. The topological polar surface area (TPSA) is 32.3 Å². The first-order valence-electron chi connectivity index (χ1n) is 6.60. The Hall–Kier alpha value is -1.22. The van der Waals surface area contributed by atoms with E-state index in [9.17, 15) is 5.11 Å². The maximum Gasteiger partial charge on any atom is 0.0604 e. The van der Waals surface area contributed by atoms with Gasteiger partial charge < -0.3 is 10.4 Å². The molecule has 1 aliphatic rings. The molecule has 2 N–H and O–H groups in total. The third kappa shape index (κ3) is 2.93. The molecule has 104 valence electrons. The Balaban J connectivity index is 1.94. The van der Waals surface area contributed by atoms with Gasteiger partial charge in [0.2, 0.25) is 0 Å². The van der Waals surface area contributed by atoms with Gasteiger partial charge in [0.25, 0.3) is 0 Å². The Morgan fingerprint density at radius 3 is 2.45 bits per heavy atom. The molecule has 0 fully saturated rings. The highest BCUT2D eigenvalue weighted by molar-refractivity contribution is 6.31. The normalized spacial score (nSPS) is 21.8. The van der Waals surface area contributed by atoms with Crippen molar-refractivity contribution in [3.63, 3.8) is 0 Å². The van der Waals surface area contributed by atoms with Crippen molar-refractivity contribution in [1.82, 2.24) is 0 Å². The lowest BCUT2D eigenvalue weighted by Gasteiger charge is -2.19. The molecule has 0 bridgehead atoms. The summed E-state index contributed by atoms with van der Waals surface area (Å²) < 4.78 is 0. The fraction of sp³-hybridized carbons (Fsp3) is 0.250. The van der Waals surface area contributed by atoms with E-state index in [1.165, 1.54) is 0 Å². The third-order valence-electron chi connectivity index (χ3n) is 3.63. The summed E-state index contributed by atoms with van der Waals surface area (Å²) in [6.07, 6.45) is 0.892. The molecule has 20 heavy (non-hydrogen) atoms. The molecule has 4 heteroatoms. The minimum Gasteiger partial charge on any atom is -0.393 e. The van der Waals surface area contributed by atoms with Crippen LogP contribution < -0.4 is 5.32 Å². The van der Waals surface area contributed by atoms with Crippen LogP contribution in [0.5, 0.6) is 0 Å². The van der Waals surface area contributed by atoms with Crippen LogP contribution in [0.1, 0.15) is 23.6 Å². The van der Waals surface area contributed by atoms with Crippen molar-refractivity contribution in [1.29, 1.82) is 0 Å². The molecule has 0 radical (unpaired) electrons. The number of fused-ring (bicyclic) bond motifs is 1. The molecule has 2 aromatic rings. The van der Waals surface area contributed by atoms with Crippen molar-refractivity contribution >= 4 is 28.9 Å². The molecule has 0 aliphatic carbocycles. The summed E-state index contributed by atoms with van der Waals surface area (Å²) in [5, 5.41) is 15.1. The zero-order valence-electron chi connectivity index (χ0n) is 10.8. The van der Waals surface area contributed by atoms with Crippen LogP contribution >= 0.6 is 23.2 Å². The van der Waals surface area contributed by atoms with E-state index < -0.39 is 0 Å². The summed E-state index contributed by atoms with van der Waals surface area (Å²) in [4.78, 5) is 0. The molecule has 2 nitrogen and oxygen atoms in total. The third-order valence-corrected chi connectivity index (χ3v) is 4.12. The highest BCUT2D eigenvalue weighted by Gasteiger charge is 2.22. The van der Waals surface area contributed by atoms with E-state index >= 15 is 0 Å². The Morgan fingerprint density at radius 2 is 1.70 bits per heavy atom. The van der Waals surface area contributed by atoms with E-state index in [4.69, 9.17) is 23.2 Å². The summed E-state index contributed by atoms with van der Waals surface area (Å²) >= 11 is 11.9. The van der Waals surface area contributed by atoms with Gasteiger partial charge in [0.15, 0.2) is 0 Å². The summed E-state index contributed by atoms with van der Waals surface area (Å²) in [6.45, 7) is 0. The summed E-state index contributed by atoms with van der Waals surface area (Å²) in [5.41, 5.74) is 3.21.